The third-order valence-electron chi connectivity index (χ3n) is 2.35. The molecule has 0 aliphatic carbocycles. The first kappa shape index (κ1) is 11.5. The van der Waals surface area contributed by atoms with Crippen molar-refractivity contribution in [2.75, 3.05) is 13.2 Å². The van der Waals surface area contributed by atoms with E-state index in [1.54, 1.807) is 19.1 Å². The van der Waals surface area contributed by atoms with E-state index in [2.05, 4.69) is 0 Å². The van der Waals surface area contributed by atoms with E-state index in [-0.39, 0.29) is 5.97 Å². The average Bonchev–Trinajstić information content (AvgIpc) is 2.73. The van der Waals surface area contributed by atoms with Crippen LogP contribution in [0, 0.1) is 0 Å². The summed E-state index contributed by atoms with van der Waals surface area (Å²) in [6.07, 6.45) is 1.42. The number of ether oxygens (including phenoxy) is 2. The van der Waals surface area contributed by atoms with Crippen molar-refractivity contribution in [2.24, 2.45) is 0 Å². The van der Waals surface area contributed by atoms with Crippen LogP contribution < -0.4 is 4.74 Å². The fourth-order valence-electron chi connectivity index (χ4n) is 1.63. The quantitative estimate of drug-likeness (QED) is 0.763. The van der Waals surface area contributed by atoms with Crippen molar-refractivity contribution in [3.63, 3.8) is 0 Å². The summed E-state index contributed by atoms with van der Waals surface area (Å²) in [5.41, 5.74) is 1.08. The van der Waals surface area contributed by atoms with Crippen molar-refractivity contribution in [1.29, 1.82) is 0 Å². The minimum Gasteiger partial charge on any atom is -0.494 e. The van der Waals surface area contributed by atoms with Crippen molar-refractivity contribution in [1.82, 2.24) is 0 Å². The van der Waals surface area contributed by atoms with Crippen molar-refractivity contribution < 1.29 is 18.7 Å². The Balaban J connectivity index is 2.42. The molecule has 0 amide bonds. The molecular formula is C13H14O4. The third-order valence-corrected chi connectivity index (χ3v) is 2.35. The molecule has 0 atom stereocenters. The zero-order valence-corrected chi connectivity index (χ0v) is 9.86. The van der Waals surface area contributed by atoms with Gasteiger partial charge in [0.25, 0.3) is 0 Å². The average molecular weight is 234 g/mol. The van der Waals surface area contributed by atoms with Gasteiger partial charge in [-0.05, 0) is 32.0 Å². The smallest absolute Gasteiger partial charge is 0.342 e. The van der Waals surface area contributed by atoms with E-state index >= 15 is 0 Å². The Hall–Kier alpha value is -1.97. The van der Waals surface area contributed by atoms with Crippen LogP contribution in [0.15, 0.2) is 28.9 Å². The normalized spacial score (nSPS) is 10.5. The van der Waals surface area contributed by atoms with Crippen LogP contribution in [-0.4, -0.2) is 19.2 Å². The highest BCUT2D eigenvalue weighted by molar-refractivity contribution is 6.03. The lowest BCUT2D eigenvalue weighted by molar-refractivity contribution is 0.0527. The largest absolute Gasteiger partial charge is 0.494 e. The molecule has 0 saturated carbocycles. The van der Waals surface area contributed by atoms with Gasteiger partial charge in [0, 0.05) is 5.39 Å². The number of benzene rings is 1. The molecule has 0 unspecified atom stereocenters. The molecule has 2 rings (SSSR count). The van der Waals surface area contributed by atoms with Gasteiger partial charge < -0.3 is 13.9 Å². The van der Waals surface area contributed by atoms with Gasteiger partial charge in [0.2, 0.25) is 0 Å². The number of furan rings is 1. The third kappa shape index (κ3) is 2.25. The molecule has 1 aromatic heterocycles. The summed E-state index contributed by atoms with van der Waals surface area (Å²) in [7, 11) is 0. The number of hydrogen-bond acceptors (Lipinski definition) is 4. The first-order chi connectivity index (χ1) is 8.26. The van der Waals surface area contributed by atoms with Crippen LogP contribution in [0.1, 0.15) is 24.2 Å². The first-order valence-corrected chi connectivity index (χ1v) is 5.57. The van der Waals surface area contributed by atoms with E-state index in [1.165, 1.54) is 6.26 Å². The van der Waals surface area contributed by atoms with Crippen LogP contribution in [0.25, 0.3) is 11.0 Å². The SMILES string of the molecule is CCOC(=O)c1coc2ccc(OCC)cc12. The molecule has 0 saturated heterocycles. The van der Waals surface area contributed by atoms with Crippen LogP contribution >= 0.6 is 0 Å². The molecule has 90 valence electrons. The van der Waals surface area contributed by atoms with E-state index in [4.69, 9.17) is 13.9 Å². The molecule has 0 fully saturated rings. The van der Waals surface area contributed by atoms with Crippen molar-refractivity contribution in [3.8, 4) is 5.75 Å². The maximum Gasteiger partial charge on any atom is 0.342 e. The molecule has 1 heterocycles. The Morgan fingerprint density at radius 3 is 2.82 bits per heavy atom. The number of rotatable bonds is 4. The summed E-state index contributed by atoms with van der Waals surface area (Å²) in [6, 6.07) is 5.38. The zero-order valence-electron chi connectivity index (χ0n) is 9.86. The topological polar surface area (TPSA) is 48.7 Å². The van der Waals surface area contributed by atoms with Crippen molar-refractivity contribution in [3.05, 3.63) is 30.0 Å². The van der Waals surface area contributed by atoms with E-state index in [9.17, 15) is 4.79 Å². The van der Waals surface area contributed by atoms with Gasteiger partial charge in [-0.3, -0.25) is 0 Å². The Kier molecular flexibility index (Phi) is 3.32. The van der Waals surface area contributed by atoms with Gasteiger partial charge in [-0.1, -0.05) is 0 Å². The highest BCUT2D eigenvalue weighted by atomic mass is 16.5. The van der Waals surface area contributed by atoms with Gasteiger partial charge >= 0.3 is 5.97 Å². The lowest BCUT2D eigenvalue weighted by Gasteiger charge is -2.03. The monoisotopic (exact) mass is 234 g/mol. The molecule has 2 aromatic rings. The van der Waals surface area contributed by atoms with Gasteiger partial charge in [0.05, 0.1) is 13.2 Å². The Morgan fingerprint density at radius 2 is 2.12 bits per heavy atom. The number of carbonyl (C=O) groups excluding carboxylic acids is 1. The maximum absolute atomic E-state index is 11.7. The molecule has 0 aliphatic heterocycles. The van der Waals surface area contributed by atoms with Crippen molar-refractivity contribution >= 4 is 16.9 Å². The molecule has 17 heavy (non-hydrogen) atoms. The van der Waals surface area contributed by atoms with E-state index in [1.807, 2.05) is 13.0 Å². The number of hydrogen-bond donors (Lipinski definition) is 0. The lowest BCUT2D eigenvalue weighted by atomic mass is 10.1. The van der Waals surface area contributed by atoms with Gasteiger partial charge in [-0.15, -0.1) is 0 Å². The standard InChI is InChI=1S/C13H14O4/c1-3-15-9-5-6-12-10(7-9)11(8-17-12)13(14)16-4-2/h5-8H,3-4H2,1-2H3. The molecule has 4 heteroatoms. The van der Waals surface area contributed by atoms with Crippen LogP contribution in [0.4, 0.5) is 0 Å². The zero-order chi connectivity index (χ0) is 12.3. The molecule has 1 aromatic carbocycles. The number of esters is 1. The molecular weight excluding hydrogens is 220 g/mol. The molecule has 0 N–H and O–H groups in total. The van der Waals surface area contributed by atoms with Crippen LogP contribution in [0.5, 0.6) is 5.75 Å². The lowest BCUT2D eigenvalue weighted by Crippen LogP contribution is -2.03. The fraction of sp³-hybridized carbons (Fsp3) is 0.308. The minimum atomic E-state index is -0.375. The maximum atomic E-state index is 11.7. The highest BCUT2D eigenvalue weighted by Gasteiger charge is 2.15. The number of fused-ring (bicyclic) bond motifs is 1. The minimum absolute atomic E-state index is 0.344. The van der Waals surface area contributed by atoms with E-state index in [0.29, 0.717) is 30.1 Å². The second kappa shape index (κ2) is 4.91. The Morgan fingerprint density at radius 1 is 1.29 bits per heavy atom. The Bertz CT molecular complexity index is 527. The first-order valence-electron chi connectivity index (χ1n) is 5.57. The van der Waals surface area contributed by atoms with Gasteiger partial charge in [0.15, 0.2) is 0 Å². The van der Waals surface area contributed by atoms with Crippen LogP contribution in [0.2, 0.25) is 0 Å². The highest BCUT2D eigenvalue weighted by Crippen LogP contribution is 2.26. The fourth-order valence-corrected chi connectivity index (χ4v) is 1.63. The molecule has 0 aliphatic rings. The second-order valence-electron chi connectivity index (χ2n) is 3.46. The second-order valence-corrected chi connectivity index (χ2v) is 3.46. The summed E-state index contributed by atoms with van der Waals surface area (Å²) in [4.78, 5) is 11.7. The summed E-state index contributed by atoms with van der Waals surface area (Å²) >= 11 is 0. The molecule has 0 bridgehead atoms. The van der Waals surface area contributed by atoms with Crippen LogP contribution in [0.3, 0.4) is 0 Å². The number of carbonyl (C=O) groups is 1. The van der Waals surface area contributed by atoms with E-state index in [0.717, 1.165) is 5.39 Å². The molecule has 4 nitrogen and oxygen atoms in total. The molecule has 0 radical (unpaired) electrons. The predicted molar refractivity (Wildman–Crippen MR) is 63.3 cm³/mol. The van der Waals surface area contributed by atoms with Crippen LogP contribution in [-0.2, 0) is 4.74 Å². The van der Waals surface area contributed by atoms with Gasteiger partial charge in [-0.25, -0.2) is 4.79 Å². The summed E-state index contributed by atoms with van der Waals surface area (Å²) in [6.45, 7) is 4.60. The molecule has 0 spiro atoms. The summed E-state index contributed by atoms with van der Waals surface area (Å²) in [5, 5.41) is 0.717. The van der Waals surface area contributed by atoms with Crippen molar-refractivity contribution in [2.45, 2.75) is 13.8 Å². The Labute approximate surface area is 99.1 Å². The summed E-state index contributed by atoms with van der Waals surface area (Å²) < 4.78 is 15.6. The van der Waals surface area contributed by atoms with Gasteiger partial charge in [0.1, 0.15) is 23.2 Å². The van der Waals surface area contributed by atoms with Gasteiger partial charge in [-0.2, -0.15) is 0 Å². The predicted octanol–water partition coefficient (Wildman–Crippen LogP) is 3.01. The van der Waals surface area contributed by atoms with E-state index < -0.39 is 0 Å². The summed E-state index contributed by atoms with van der Waals surface area (Å²) in [5.74, 6) is 0.340.